The number of hydrogen-bond acceptors (Lipinski definition) is 7. The van der Waals surface area contributed by atoms with Crippen molar-refractivity contribution in [2.75, 3.05) is 49.2 Å². The van der Waals surface area contributed by atoms with Gasteiger partial charge in [0.05, 0.1) is 18.8 Å². The zero-order chi connectivity index (χ0) is 23.7. The summed E-state index contributed by atoms with van der Waals surface area (Å²) in [6, 6.07) is 10.2. The van der Waals surface area contributed by atoms with Crippen LogP contribution in [-0.4, -0.2) is 70.1 Å². The van der Waals surface area contributed by atoms with Gasteiger partial charge in [0, 0.05) is 61.4 Å². The number of halogens is 2. The minimum absolute atomic E-state index is 0.191. The number of aromatic nitrogens is 4. The van der Waals surface area contributed by atoms with E-state index in [-0.39, 0.29) is 11.4 Å². The zero-order valence-corrected chi connectivity index (χ0v) is 20.4. The van der Waals surface area contributed by atoms with Crippen LogP contribution in [0.15, 0.2) is 30.3 Å². The summed E-state index contributed by atoms with van der Waals surface area (Å²) in [6.07, 6.45) is 1.03. The first kappa shape index (κ1) is 21.5. The number of nitrogens with zero attached hydrogens (tertiary/aromatic N) is 7. The number of hydrogen-bond donors (Lipinski definition) is 0. The summed E-state index contributed by atoms with van der Waals surface area (Å²) in [5, 5.41) is 10.0. The minimum atomic E-state index is -0.387. The third-order valence-corrected chi connectivity index (χ3v) is 8.10. The molecule has 0 aliphatic carbocycles. The maximum atomic E-state index is 13.9. The highest BCUT2D eigenvalue weighted by molar-refractivity contribution is 6.30. The van der Waals surface area contributed by atoms with Gasteiger partial charge in [0.15, 0.2) is 5.82 Å². The van der Waals surface area contributed by atoms with Crippen molar-refractivity contribution in [2.24, 2.45) is 5.41 Å². The summed E-state index contributed by atoms with van der Waals surface area (Å²) in [4.78, 5) is 11.0. The fourth-order valence-corrected chi connectivity index (χ4v) is 6.18. The molecule has 2 aromatic heterocycles. The predicted octanol–water partition coefficient (Wildman–Crippen LogP) is 3.19. The molecule has 0 bridgehead atoms. The summed E-state index contributed by atoms with van der Waals surface area (Å²) in [6.45, 7) is 8.39. The molecule has 0 radical (unpaired) electrons. The van der Waals surface area contributed by atoms with Gasteiger partial charge in [0.25, 0.3) is 0 Å². The first-order valence-corrected chi connectivity index (χ1v) is 12.5. The Bertz CT molecular complexity index is 1290. The van der Waals surface area contributed by atoms with Crippen LogP contribution >= 0.6 is 11.6 Å². The molecule has 35 heavy (non-hydrogen) atoms. The Balaban J connectivity index is 1.13. The van der Waals surface area contributed by atoms with E-state index in [9.17, 15) is 4.39 Å². The second-order valence-electron chi connectivity index (χ2n) is 10.4. The van der Waals surface area contributed by atoms with E-state index in [1.54, 1.807) is 13.0 Å². The van der Waals surface area contributed by atoms with Gasteiger partial charge < -0.3 is 14.5 Å². The number of rotatable bonds is 3. The third kappa shape index (κ3) is 3.51. The van der Waals surface area contributed by atoms with Gasteiger partial charge in [-0.15, -0.1) is 10.2 Å². The van der Waals surface area contributed by atoms with Crippen LogP contribution in [0.3, 0.4) is 0 Å². The van der Waals surface area contributed by atoms with E-state index < -0.39 is 0 Å². The second-order valence-corrected chi connectivity index (χ2v) is 10.9. The molecular weight excluding hydrogens is 469 g/mol. The van der Waals surface area contributed by atoms with Crippen molar-refractivity contribution in [3.8, 4) is 5.69 Å². The average molecular weight is 496 g/mol. The largest absolute Gasteiger partial charge is 0.380 e. The lowest BCUT2D eigenvalue weighted by Crippen LogP contribution is -2.73. The third-order valence-electron chi connectivity index (χ3n) is 7.87. The normalized spacial score (nSPS) is 23.0. The monoisotopic (exact) mass is 495 g/mol. The van der Waals surface area contributed by atoms with Gasteiger partial charge in [-0.2, -0.15) is 4.39 Å². The highest BCUT2D eigenvalue weighted by Gasteiger charge is 2.53. The van der Waals surface area contributed by atoms with E-state index in [0.717, 1.165) is 87.2 Å². The Morgan fingerprint density at radius 1 is 1.06 bits per heavy atom. The molecule has 6 heterocycles. The average Bonchev–Trinajstić information content (AvgIpc) is 3.42. The highest BCUT2D eigenvalue weighted by atomic mass is 35.5. The maximum Gasteiger partial charge on any atom is 0.231 e. The van der Waals surface area contributed by atoms with E-state index in [1.807, 2.05) is 12.1 Å². The molecule has 1 spiro atoms. The van der Waals surface area contributed by atoms with Gasteiger partial charge in [0.1, 0.15) is 5.82 Å². The predicted molar refractivity (Wildman–Crippen MR) is 131 cm³/mol. The van der Waals surface area contributed by atoms with Crippen molar-refractivity contribution in [2.45, 2.75) is 32.5 Å². The molecule has 3 aromatic rings. The fourth-order valence-electron chi connectivity index (χ4n) is 5.99. The molecule has 0 unspecified atom stereocenters. The Labute approximate surface area is 208 Å². The van der Waals surface area contributed by atoms with E-state index in [0.29, 0.717) is 11.6 Å². The Morgan fingerprint density at radius 3 is 2.66 bits per heavy atom. The molecule has 0 N–H and O–H groups in total. The van der Waals surface area contributed by atoms with Crippen LogP contribution < -0.4 is 9.80 Å². The van der Waals surface area contributed by atoms with Gasteiger partial charge in [0.2, 0.25) is 11.9 Å². The highest BCUT2D eigenvalue weighted by Crippen LogP contribution is 2.44. The SMILES string of the molecule is Cc1ccc(N2CC3(C2)CN(c2nnc4n2-c2ccc(Cl)cc2CN([C@@H]2CCOC2)C4)C3)nc1F. The zero-order valence-electron chi connectivity index (χ0n) is 19.6. The number of anilines is 2. The van der Waals surface area contributed by atoms with Crippen molar-refractivity contribution in [3.05, 3.63) is 58.3 Å². The minimum Gasteiger partial charge on any atom is -0.380 e. The lowest BCUT2D eigenvalue weighted by molar-refractivity contribution is 0.133. The van der Waals surface area contributed by atoms with Crippen molar-refractivity contribution in [1.82, 2.24) is 24.6 Å². The number of aryl methyl sites for hydroxylation is 1. The first-order valence-electron chi connectivity index (χ1n) is 12.2. The molecule has 0 amide bonds. The molecule has 7 rings (SSSR count). The van der Waals surface area contributed by atoms with E-state index in [1.165, 1.54) is 5.56 Å². The molecule has 182 valence electrons. The molecule has 8 nitrogen and oxygen atoms in total. The van der Waals surface area contributed by atoms with Crippen molar-refractivity contribution < 1.29 is 9.13 Å². The molecule has 0 saturated carbocycles. The first-order chi connectivity index (χ1) is 17.0. The van der Waals surface area contributed by atoms with Crippen molar-refractivity contribution in [1.29, 1.82) is 0 Å². The Hall–Kier alpha value is -2.75. The van der Waals surface area contributed by atoms with Crippen LogP contribution in [0.2, 0.25) is 5.02 Å². The maximum absolute atomic E-state index is 13.9. The van der Waals surface area contributed by atoms with Crippen molar-refractivity contribution >= 4 is 23.4 Å². The summed E-state index contributed by atoms with van der Waals surface area (Å²) < 4.78 is 21.8. The van der Waals surface area contributed by atoms with Crippen LogP contribution in [0.5, 0.6) is 0 Å². The van der Waals surface area contributed by atoms with Crippen LogP contribution in [0.4, 0.5) is 16.2 Å². The molecule has 4 aliphatic rings. The molecule has 1 atom stereocenters. The smallest absolute Gasteiger partial charge is 0.231 e. The topological polar surface area (TPSA) is 62.6 Å². The van der Waals surface area contributed by atoms with E-state index in [2.05, 4.69) is 46.6 Å². The molecule has 4 aliphatic heterocycles. The van der Waals surface area contributed by atoms with Gasteiger partial charge in [-0.25, -0.2) is 4.98 Å². The standard InChI is InChI=1S/C25H27ClFN7O/c1-16-2-5-21(28-23(16)27)32-12-25(13-32)14-33(15-25)24-30-29-22-10-31(19-6-7-35-11-19)9-17-8-18(26)3-4-20(17)34(22)24/h2-5,8,19H,6-7,9-15H2,1H3/t19-/m1/s1. The van der Waals surface area contributed by atoms with Crippen LogP contribution in [0.1, 0.15) is 23.4 Å². The molecule has 3 saturated heterocycles. The lowest BCUT2D eigenvalue weighted by atomic mass is 9.73. The molecule has 3 fully saturated rings. The number of benzene rings is 1. The second kappa shape index (κ2) is 7.88. The summed E-state index contributed by atoms with van der Waals surface area (Å²) in [5.74, 6) is 2.16. The quantitative estimate of drug-likeness (QED) is 0.517. The van der Waals surface area contributed by atoms with E-state index >= 15 is 0 Å². The van der Waals surface area contributed by atoms with Crippen molar-refractivity contribution in [3.63, 3.8) is 0 Å². The molecule has 1 aromatic carbocycles. The summed E-state index contributed by atoms with van der Waals surface area (Å²) in [7, 11) is 0. The van der Waals surface area contributed by atoms with Crippen LogP contribution in [0.25, 0.3) is 5.69 Å². The van der Waals surface area contributed by atoms with Crippen LogP contribution in [0, 0.1) is 18.3 Å². The van der Waals surface area contributed by atoms with Gasteiger partial charge in [-0.1, -0.05) is 17.7 Å². The van der Waals surface area contributed by atoms with Crippen LogP contribution in [-0.2, 0) is 17.8 Å². The number of ether oxygens (including phenoxy) is 1. The van der Waals surface area contributed by atoms with Gasteiger partial charge in [-0.05, 0) is 43.2 Å². The molecular formula is C25H27ClFN7O. The fraction of sp³-hybridized carbons (Fsp3) is 0.480. The van der Waals surface area contributed by atoms with Gasteiger partial charge >= 0.3 is 0 Å². The van der Waals surface area contributed by atoms with E-state index in [4.69, 9.17) is 16.3 Å². The lowest BCUT2D eigenvalue weighted by Gasteiger charge is -2.60. The summed E-state index contributed by atoms with van der Waals surface area (Å²) >= 11 is 6.40. The molecule has 10 heteroatoms. The Kier molecular flexibility index (Phi) is 4.84. The summed E-state index contributed by atoms with van der Waals surface area (Å²) in [5.41, 5.74) is 3.05. The Morgan fingerprint density at radius 2 is 1.89 bits per heavy atom. The number of pyridine rings is 1. The number of fused-ring (bicyclic) bond motifs is 3. The van der Waals surface area contributed by atoms with Gasteiger partial charge in [-0.3, -0.25) is 9.47 Å².